The third-order valence-electron chi connectivity index (χ3n) is 4.77. The second-order valence-corrected chi connectivity index (χ2v) is 8.35. The molecule has 0 bridgehead atoms. The Morgan fingerprint density at radius 2 is 1.71 bits per heavy atom. The average Bonchev–Trinajstić information content (AvgIpc) is 2.68. The Kier molecular flexibility index (Phi) is 8.24. The van der Waals surface area contributed by atoms with Crippen LogP contribution in [-0.2, 0) is 20.8 Å². The van der Waals surface area contributed by atoms with Gasteiger partial charge in [0.05, 0.1) is 19.3 Å². The third kappa shape index (κ3) is 6.57. The number of pyridine rings is 1. The van der Waals surface area contributed by atoms with Crippen LogP contribution in [-0.4, -0.2) is 58.9 Å². The quantitative estimate of drug-likeness (QED) is 0.499. The van der Waals surface area contributed by atoms with Gasteiger partial charge in [0.25, 0.3) is 0 Å². The fourth-order valence-corrected chi connectivity index (χ4v) is 3.45. The lowest BCUT2D eigenvalue weighted by molar-refractivity contribution is 0.00759. The van der Waals surface area contributed by atoms with Crippen LogP contribution in [0.25, 0.3) is 0 Å². The summed E-state index contributed by atoms with van der Waals surface area (Å²) < 4.78 is 17.1. The Morgan fingerprint density at radius 3 is 2.32 bits per heavy atom. The molecule has 0 saturated carbocycles. The van der Waals surface area contributed by atoms with E-state index in [9.17, 15) is 19.2 Å². The van der Waals surface area contributed by atoms with E-state index in [1.165, 1.54) is 10.8 Å². The van der Waals surface area contributed by atoms with Crippen molar-refractivity contribution in [1.29, 1.82) is 0 Å². The second kappa shape index (κ2) is 10.5. The molecular formula is C22H32N2O7. The molecule has 0 N–H and O–H groups in total. The van der Waals surface area contributed by atoms with Gasteiger partial charge in [-0.25, -0.2) is 14.4 Å². The lowest BCUT2D eigenvalue weighted by Gasteiger charge is -2.37. The van der Waals surface area contributed by atoms with Crippen LogP contribution in [0.15, 0.2) is 17.1 Å². The minimum absolute atomic E-state index is 0.0228. The largest absolute Gasteiger partial charge is 0.462 e. The van der Waals surface area contributed by atoms with Crippen molar-refractivity contribution in [3.8, 4) is 0 Å². The fraction of sp³-hybridized carbons (Fsp3) is 0.636. The molecule has 1 aromatic heterocycles. The standard InChI is InChI=1S/C22H32N2O7/c1-6-29-19(26)16-14-23(17(12-18(16)25)20(27)30-7-2)13-15-10-8-9-11-24(15)21(28)31-22(3,4)5/h12,14-15H,6-11,13H2,1-5H3. The number of amides is 1. The Bertz CT molecular complexity index is 870. The minimum Gasteiger partial charge on any atom is -0.462 e. The molecule has 0 aliphatic carbocycles. The third-order valence-corrected chi connectivity index (χ3v) is 4.77. The molecule has 1 aliphatic rings. The van der Waals surface area contributed by atoms with Gasteiger partial charge in [0.15, 0.2) is 5.43 Å². The van der Waals surface area contributed by atoms with Crippen LogP contribution in [0.4, 0.5) is 4.79 Å². The molecule has 1 aliphatic heterocycles. The van der Waals surface area contributed by atoms with Gasteiger partial charge >= 0.3 is 18.0 Å². The molecule has 0 spiro atoms. The lowest BCUT2D eigenvalue weighted by Crippen LogP contribution is -2.48. The van der Waals surface area contributed by atoms with E-state index in [1.807, 2.05) is 0 Å². The highest BCUT2D eigenvalue weighted by Gasteiger charge is 2.32. The smallest absolute Gasteiger partial charge is 0.410 e. The van der Waals surface area contributed by atoms with E-state index in [0.29, 0.717) is 13.0 Å². The highest BCUT2D eigenvalue weighted by molar-refractivity contribution is 5.91. The van der Waals surface area contributed by atoms with Crippen LogP contribution in [0.1, 0.15) is 74.7 Å². The summed E-state index contributed by atoms with van der Waals surface area (Å²) in [5.41, 5.74) is -1.40. The molecular weight excluding hydrogens is 404 g/mol. The van der Waals surface area contributed by atoms with Crippen molar-refractivity contribution < 1.29 is 28.6 Å². The lowest BCUT2D eigenvalue weighted by atomic mass is 10.0. The van der Waals surface area contributed by atoms with Crippen molar-refractivity contribution in [1.82, 2.24) is 9.47 Å². The van der Waals surface area contributed by atoms with E-state index < -0.39 is 29.1 Å². The van der Waals surface area contributed by atoms with Gasteiger partial charge in [0, 0.05) is 25.4 Å². The Hall–Kier alpha value is -2.84. The van der Waals surface area contributed by atoms with Gasteiger partial charge < -0.3 is 23.7 Å². The van der Waals surface area contributed by atoms with Gasteiger partial charge in [-0.2, -0.15) is 0 Å². The molecule has 2 rings (SSSR count). The van der Waals surface area contributed by atoms with E-state index >= 15 is 0 Å². The molecule has 9 nitrogen and oxygen atoms in total. The molecule has 1 saturated heterocycles. The Labute approximate surface area is 182 Å². The van der Waals surface area contributed by atoms with E-state index in [-0.39, 0.29) is 37.1 Å². The van der Waals surface area contributed by atoms with E-state index in [2.05, 4.69) is 0 Å². The Morgan fingerprint density at radius 1 is 1.06 bits per heavy atom. The maximum atomic E-state index is 12.7. The number of rotatable bonds is 6. The molecule has 1 unspecified atom stereocenters. The van der Waals surface area contributed by atoms with Crippen molar-refractivity contribution >= 4 is 18.0 Å². The second-order valence-electron chi connectivity index (χ2n) is 8.35. The SMILES string of the molecule is CCOC(=O)c1cn(CC2CCCCN2C(=O)OC(C)(C)C)c(C(=O)OCC)cc1=O. The van der Waals surface area contributed by atoms with Crippen LogP contribution >= 0.6 is 0 Å². The number of esters is 2. The van der Waals surface area contributed by atoms with Crippen molar-refractivity contribution in [2.75, 3.05) is 19.8 Å². The molecule has 172 valence electrons. The van der Waals surface area contributed by atoms with Crippen molar-refractivity contribution in [3.05, 3.63) is 33.7 Å². The van der Waals surface area contributed by atoms with Crippen molar-refractivity contribution in [3.63, 3.8) is 0 Å². The summed E-state index contributed by atoms with van der Waals surface area (Å²) in [5, 5.41) is 0. The van der Waals surface area contributed by atoms with E-state index in [0.717, 1.165) is 18.9 Å². The maximum absolute atomic E-state index is 12.7. The predicted molar refractivity (Wildman–Crippen MR) is 113 cm³/mol. The maximum Gasteiger partial charge on any atom is 0.410 e. The van der Waals surface area contributed by atoms with Gasteiger partial charge in [-0.3, -0.25) is 4.79 Å². The van der Waals surface area contributed by atoms with Crippen LogP contribution < -0.4 is 5.43 Å². The molecule has 1 amide bonds. The average molecular weight is 437 g/mol. The zero-order valence-corrected chi connectivity index (χ0v) is 18.9. The number of carbonyl (C=O) groups is 3. The minimum atomic E-state index is -0.760. The first-order valence-electron chi connectivity index (χ1n) is 10.7. The number of ether oxygens (including phenoxy) is 3. The van der Waals surface area contributed by atoms with Gasteiger partial charge in [0.2, 0.25) is 0 Å². The van der Waals surface area contributed by atoms with E-state index in [1.54, 1.807) is 39.5 Å². The molecule has 9 heteroatoms. The first-order chi connectivity index (χ1) is 14.6. The number of hydrogen-bond donors (Lipinski definition) is 0. The predicted octanol–water partition coefficient (Wildman–Crippen LogP) is 2.99. The first kappa shape index (κ1) is 24.4. The zero-order valence-electron chi connectivity index (χ0n) is 18.9. The summed E-state index contributed by atoms with van der Waals surface area (Å²) in [4.78, 5) is 51.5. The highest BCUT2D eigenvalue weighted by atomic mass is 16.6. The van der Waals surface area contributed by atoms with Gasteiger partial charge in [-0.1, -0.05) is 0 Å². The van der Waals surface area contributed by atoms with E-state index in [4.69, 9.17) is 14.2 Å². The number of aromatic nitrogens is 1. The molecule has 0 aromatic carbocycles. The van der Waals surface area contributed by atoms with Gasteiger partial charge in [-0.05, 0) is 53.9 Å². The first-order valence-corrected chi connectivity index (χ1v) is 10.7. The summed E-state index contributed by atoms with van der Waals surface area (Å²) in [6, 6.07) is 0.819. The summed E-state index contributed by atoms with van der Waals surface area (Å²) in [6.45, 7) is 9.71. The molecule has 2 heterocycles. The topological polar surface area (TPSA) is 104 Å². The summed E-state index contributed by atoms with van der Waals surface area (Å²) in [6.07, 6.45) is 3.33. The van der Waals surface area contributed by atoms with Crippen LogP contribution in [0, 0.1) is 0 Å². The fourth-order valence-electron chi connectivity index (χ4n) is 3.45. The summed E-state index contributed by atoms with van der Waals surface area (Å²) in [5.74, 6) is -1.43. The summed E-state index contributed by atoms with van der Waals surface area (Å²) in [7, 11) is 0. The van der Waals surface area contributed by atoms with Gasteiger partial charge in [-0.15, -0.1) is 0 Å². The molecule has 31 heavy (non-hydrogen) atoms. The number of likely N-dealkylation sites (tertiary alicyclic amines) is 1. The molecule has 1 aromatic rings. The van der Waals surface area contributed by atoms with Crippen molar-refractivity contribution in [2.45, 2.75) is 72.1 Å². The number of piperidine rings is 1. The monoisotopic (exact) mass is 436 g/mol. The van der Waals surface area contributed by atoms with Gasteiger partial charge in [0.1, 0.15) is 16.9 Å². The number of nitrogens with zero attached hydrogens (tertiary/aromatic N) is 2. The Balaban J connectivity index is 2.42. The number of carbonyl (C=O) groups excluding carboxylic acids is 3. The number of hydrogen-bond acceptors (Lipinski definition) is 7. The molecule has 1 atom stereocenters. The zero-order chi connectivity index (χ0) is 23.2. The molecule has 0 radical (unpaired) electrons. The summed E-state index contributed by atoms with van der Waals surface area (Å²) >= 11 is 0. The molecule has 1 fully saturated rings. The van der Waals surface area contributed by atoms with Crippen LogP contribution in [0.5, 0.6) is 0 Å². The van der Waals surface area contributed by atoms with Crippen LogP contribution in [0.3, 0.4) is 0 Å². The van der Waals surface area contributed by atoms with Crippen molar-refractivity contribution in [2.24, 2.45) is 0 Å². The van der Waals surface area contributed by atoms with Crippen LogP contribution in [0.2, 0.25) is 0 Å². The highest BCUT2D eigenvalue weighted by Crippen LogP contribution is 2.22. The normalized spacial score (nSPS) is 16.5.